The Balaban J connectivity index is 0.000000568. The number of hydrogen-bond acceptors (Lipinski definition) is 5. The van der Waals surface area contributed by atoms with E-state index in [0.717, 1.165) is 41.6 Å². The van der Waals surface area contributed by atoms with E-state index in [9.17, 15) is 4.79 Å². The van der Waals surface area contributed by atoms with Crippen LogP contribution in [0.2, 0.25) is 0 Å². The molecule has 1 atom stereocenters. The number of aliphatic carboxylic acids is 1. The molecule has 0 spiro atoms. The number of aromatic nitrogens is 1. The van der Waals surface area contributed by atoms with E-state index in [1.807, 2.05) is 24.4 Å². The van der Waals surface area contributed by atoms with Gasteiger partial charge in [-0.25, -0.2) is 10.2 Å². The minimum Gasteiger partial charge on any atom is -0.497 e. The zero-order valence-electron chi connectivity index (χ0n) is 16.5. The minimum atomic E-state index is -1.23. The van der Waals surface area contributed by atoms with Gasteiger partial charge in [-0.15, -0.1) is 0 Å². The van der Waals surface area contributed by atoms with Crippen molar-refractivity contribution in [3.05, 3.63) is 30.0 Å². The first-order valence-electron chi connectivity index (χ1n) is 9.04. The van der Waals surface area contributed by atoms with Crippen molar-refractivity contribution >= 4 is 29.0 Å². The lowest BCUT2D eigenvalue weighted by Crippen LogP contribution is -2.27. The van der Waals surface area contributed by atoms with Crippen molar-refractivity contribution in [3.8, 4) is 5.75 Å². The fourth-order valence-corrected chi connectivity index (χ4v) is 2.12. The number of nitrogens with zero attached hydrogens (tertiary/aromatic N) is 2. The smallest absolute Gasteiger partial charge is 0.332 e. The Morgan fingerprint density at radius 2 is 2.14 bits per heavy atom. The van der Waals surface area contributed by atoms with Crippen LogP contribution in [0, 0.1) is 0 Å². The van der Waals surface area contributed by atoms with E-state index in [1.165, 1.54) is 13.3 Å². The lowest BCUT2D eigenvalue weighted by atomic mass is 10.2. The van der Waals surface area contributed by atoms with Crippen LogP contribution in [-0.4, -0.2) is 53.1 Å². The van der Waals surface area contributed by atoms with Gasteiger partial charge in [0.1, 0.15) is 11.9 Å². The highest BCUT2D eigenvalue weighted by atomic mass is 16.5. The predicted octanol–water partition coefficient (Wildman–Crippen LogP) is 2.06. The van der Waals surface area contributed by atoms with Crippen molar-refractivity contribution in [1.29, 1.82) is 0 Å². The van der Waals surface area contributed by atoms with Crippen molar-refractivity contribution in [1.82, 2.24) is 10.4 Å². The first-order valence-corrected chi connectivity index (χ1v) is 9.04. The summed E-state index contributed by atoms with van der Waals surface area (Å²) in [6.45, 7) is 4.08. The lowest BCUT2D eigenvalue weighted by Gasteiger charge is -2.00. The molecule has 0 bridgehead atoms. The van der Waals surface area contributed by atoms with E-state index in [4.69, 9.17) is 20.7 Å². The second kappa shape index (κ2) is 12.3. The molecule has 28 heavy (non-hydrogen) atoms. The Hall–Kier alpha value is -3.07. The van der Waals surface area contributed by atoms with Crippen LogP contribution in [0.4, 0.5) is 0 Å². The SMILES string of the molecule is CCCCCN=C(N)N/N=C\c1c[nH]c2ccc(OC)cc12.C[C@H](O)C(=O)O. The number of H-pyrrole nitrogens is 1. The maximum absolute atomic E-state index is 9.45. The zero-order chi connectivity index (χ0) is 20.9. The molecule has 6 N–H and O–H groups in total. The molecule has 0 saturated carbocycles. The number of ether oxygens (including phenoxy) is 1. The Morgan fingerprint density at radius 3 is 2.75 bits per heavy atom. The molecule has 154 valence electrons. The molecule has 2 rings (SSSR count). The number of nitrogens with one attached hydrogen (secondary N) is 2. The molecule has 1 aromatic heterocycles. The summed E-state index contributed by atoms with van der Waals surface area (Å²) in [6, 6.07) is 5.86. The topological polar surface area (TPSA) is 145 Å². The molecule has 0 amide bonds. The van der Waals surface area contributed by atoms with Crippen LogP contribution in [0.5, 0.6) is 5.75 Å². The Morgan fingerprint density at radius 1 is 1.43 bits per heavy atom. The molecule has 0 aliphatic carbocycles. The number of aliphatic hydroxyl groups excluding tert-OH is 1. The quantitative estimate of drug-likeness (QED) is 0.201. The van der Waals surface area contributed by atoms with Crippen molar-refractivity contribution in [2.24, 2.45) is 15.8 Å². The monoisotopic (exact) mass is 391 g/mol. The van der Waals surface area contributed by atoms with Crippen molar-refractivity contribution in [3.63, 3.8) is 0 Å². The van der Waals surface area contributed by atoms with Gasteiger partial charge < -0.3 is 25.7 Å². The largest absolute Gasteiger partial charge is 0.497 e. The number of aliphatic hydroxyl groups is 1. The van der Waals surface area contributed by atoms with Crippen LogP contribution in [0.15, 0.2) is 34.5 Å². The van der Waals surface area contributed by atoms with Gasteiger partial charge in [-0.3, -0.25) is 4.99 Å². The van der Waals surface area contributed by atoms with E-state index in [1.54, 1.807) is 13.3 Å². The Bertz CT molecular complexity index is 799. The maximum atomic E-state index is 9.45. The number of nitrogens with two attached hydrogens (primary N) is 1. The summed E-state index contributed by atoms with van der Waals surface area (Å²) in [5.74, 6) is -0.0357. The third kappa shape index (κ3) is 8.09. The maximum Gasteiger partial charge on any atom is 0.332 e. The molecule has 0 radical (unpaired) electrons. The average Bonchev–Trinajstić information content (AvgIpc) is 3.08. The summed E-state index contributed by atoms with van der Waals surface area (Å²) in [5, 5.41) is 20.9. The number of guanidine groups is 1. The van der Waals surface area contributed by atoms with Crippen LogP contribution in [-0.2, 0) is 4.79 Å². The van der Waals surface area contributed by atoms with E-state index in [0.29, 0.717) is 5.96 Å². The zero-order valence-corrected chi connectivity index (χ0v) is 16.5. The van der Waals surface area contributed by atoms with Gasteiger partial charge in [-0.2, -0.15) is 5.10 Å². The van der Waals surface area contributed by atoms with Crippen LogP contribution >= 0.6 is 0 Å². The van der Waals surface area contributed by atoms with Gasteiger partial charge in [-0.1, -0.05) is 19.8 Å². The Labute approximate surface area is 164 Å². The number of carboxylic acids is 1. The number of carbonyl (C=O) groups is 1. The van der Waals surface area contributed by atoms with E-state index >= 15 is 0 Å². The highest BCUT2D eigenvalue weighted by Gasteiger charge is 2.03. The fraction of sp³-hybridized carbons (Fsp3) is 0.421. The van der Waals surface area contributed by atoms with Gasteiger partial charge in [0.15, 0.2) is 0 Å². The molecule has 0 saturated heterocycles. The predicted molar refractivity (Wildman–Crippen MR) is 111 cm³/mol. The van der Waals surface area contributed by atoms with Gasteiger partial charge in [0.2, 0.25) is 5.96 Å². The first-order chi connectivity index (χ1) is 13.4. The number of methoxy groups -OCH3 is 1. The van der Waals surface area contributed by atoms with Gasteiger partial charge in [0.05, 0.1) is 13.3 Å². The molecule has 9 heteroatoms. The van der Waals surface area contributed by atoms with Gasteiger partial charge in [0, 0.05) is 29.2 Å². The van der Waals surface area contributed by atoms with Crippen LogP contribution < -0.4 is 15.9 Å². The summed E-state index contributed by atoms with van der Waals surface area (Å²) >= 11 is 0. The third-order valence-corrected chi connectivity index (χ3v) is 3.70. The molecule has 0 fully saturated rings. The van der Waals surface area contributed by atoms with E-state index in [-0.39, 0.29) is 0 Å². The third-order valence-electron chi connectivity index (χ3n) is 3.70. The number of rotatable bonds is 8. The van der Waals surface area contributed by atoms with Crippen LogP contribution in [0.1, 0.15) is 38.7 Å². The number of fused-ring (bicyclic) bond motifs is 1. The van der Waals surface area contributed by atoms with Crippen LogP contribution in [0.3, 0.4) is 0 Å². The number of hydrazone groups is 1. The average molecular weight is 391 g/mol. The van der Waals surface area contributed by atoms with E-state index < -0.39 is 12.1 Å². The molecular formula is C19H29N5O4. The molecule has 0 aliphatic rings. The molecule has 0 aliphatic heterocycles. The van der Waals surface area contributed by atoms with E-state index in [2.05, 4.69) is 27.4 Å². The lowest BCUT2D eigenvalue weighted by molar-refractivity contribution is -0.145. The van der Waals surface area contributed by atoms with Gasteiger partial charge in [-0.05, 0) is 31.5 Å². The summed E-state index contributed by atoms with van der Waals surface area (Å²) in [5.41, 5.74) is 10.5. The Kier molecular flexibility index (Phi) is 10.1. The van der Waals surface area contributed by atoms with Gasteiger partial charge in [0.25, 0.3) is 0 Å². The first kappa shape index (κ1) is 23.0. The van der Waals surface area contributed by atoms with Crippen molar-refractivity contribution in [2.75, 3.05) is 13.7 Å². The summed E-state index contributed by atoms with van der Waals surface area (Å²) in [6.07, 6.45) is 5.76. The van der Waals surface area contributed by atoms with Crippen molar-refractivity contribution in [2.45, 2.75) is 39.2 Å². The molecule has 1 heterocycles. The number of carboxylic acid groups (broad SMARTS) is 1. The number of unbranched alkanes of at least 4 members (excludes halogenated alkanes) is 2. The number of benzene rings is 1. The highest BCUT2D eigenvalue weighted by molar-refractivity contribution is 5.99. The van der Waals surface area contributed by atoms with Crippen LogP contribution in [0.25, 0.3) is 10.9 Å². The van der Waals surface area contributed by atoms with Gasteiger partial charge >= 0.3 is 5.97 Å². The molecule has 9 nitrogen and oxygen atoms in total. The normalized spacial score (nSPS) is 12.5. The second-order valence-electron chi connectivity index (χ2n) is 6.01. The minimum absolute atomic E-state index is 0.338. The number of aliphatic imine (C=N–C) groups is 1. The molecule has 1 aromatic carbocycles. The number of hydrogen-bond donors (Lipinski definition) is 5. The summed E-state index contributed by atoms with van der Waals surface area (Å²) in [7, 11) is 1.65. The molecular weight excluding hydrogens is 362 g/mol. The standard InChI is InChI=1S/C16H23N5O.C3H6O3/c1-3-4-5-8-18-16(17)21-20-11-12-10-19-15-7-6-13(22-2)9-14(12)15;1-2(4)3(5)6/h6-7,9-11,19H,3-5,8H2,1-2H3,(H3,17,18,21);2,4H,1H3,(H,5,6)/b20-11-;/t;2-/m.0/s1. The molecule has 0 unspecified atom stereocenters. The molecule has 2 aromatic rings. The fourth-order valence-electron chi connectivity index (χ4n) is 2.12. The van der Waals surface area contributed by atoms with Crippen molar-refractivity contribution < 1.29 is 19.7 Å². The summed E-state index contributed by atoms with van der Waals surface area (Å²) in [4.78, 5) is 16.9. The highest BCUT2D eigenvalue weighted by Crippen LogP contribution is 2.22. The number of aromatic amines is 1. The summed E-state index contributed by atoms with van der Waals surface area (Å²) < 4.78 is 5.24. The second-order valence-corrected chi connectivity index (χ2v) is 6.01.